The summed E-state index contributed by atoms with van der Waals surface area (Å²) in [6, 6.07) is 8.84. The average molecular weight is 264 g/mol. The first-order chi connectivity index (χ1) is 8.70. The number of benzene rings is 1. The molecule has 0 aromatic heterocycles. The summed E-state index contributed by atoms with van der Waals surface area (Å²) in [5.41, 5.74) is 2.92. The molecule has 2 unspecified atom stereocenters. The molecule has 1 aliphatic carbocycles. The molecule has 2 N–H and O–H groups in total. The highest BCUT2D eigenvalue weighted by Gasteiger charge is 2.25. The van der Waals surface area contributed by atoms with Crippen LogP contribution in [0.2, 0.25) is 0 Å². The Morgan fingerprint density at radius 2 is 2.28 bits per heavy atom. The smallest absolute Gasteiger partial charge is 0.166 e. The molecule has 0 spiro atoms. The summed E-state index contributed by atoms with van der Waals surface area (Å²) in [5, 5.41) is 7.20. The van der Waals surface area contributed by atoms with Crippen LogP contribution in [0.15, 0.2) is 24.3 Å². The van der Waals surface area contributed by atoms with Crippen LogP contribution in [-0.4, -0.2) is 31.4 Å². The van der Waals surface area contributed by atoms with E-state index < -0.39 is 0 Å². The van der Waals surface area contributed by atoms with Crippen LogP contribution in [0.4, 0.5) is 0 Å². The topological polar surface area (TPSA) is 33.3 Å². The highest BCUT2D eigenvalue weighted by Crippen LogP contribution is 2.33. The number of methoxy groups -OCH3 is 1. The zero-order valence-corrected chi connectivity index (χ0v) is 11.7. The molecular weight excluding hydrogens is 244 g/mol. The molecule has 0 saturated heterocycles. The molecule has 1 aromatic rings. The molecule has 2 rings (SSSR count). The molecule has 1 aromatic carbocycles. The highest BCUT2D eigenvalue weighted by atomic mass is 32.1. The van der Waals surface area contributed by atoms with Gasteiger partial charge in [-0.25, -0.2) is 0 Å². The van der Waals surface area contributed by atoms with Gasteiger partial charge in [-0.3, -0.25) is 0 Å². The quantitative estimate of drug-likeness (QED) is 0.795. The van der Waals surface area contributed by atoms with Gasteiger partial charge in [-0.05, 0) is 36.7 Å². The van der Waals surface area contributed by atoms with Gasteiger partial charge in [-0.2, -0.15) is 0 Å². The predicted molar refractivity (Wildman–Crippen MR) is 78.0 cm³/mol. The molecule has 0 fully saturated rings. The van der Waals surface area contributed by atoms with E-state index in [9.17, 15) is 0 Å². The van der Waals surface area contributed by atoms with Crippen molar-refractivity contribution in [1.29, 1.82) is 0 Å². The SMILES string of the molecule is COCC(C)NC(=S)NCC1Cc2ccccc21. The lowest BCUT2D eigenvalue weighted by molar-refractivity contribution is 0.179. The highest BCUT2D eigenvalue weighted by molar-refractivity contribution is 7.80. The van der Waals surface area contributed by atoms with Crippen molar-refractivity contribution >= 4 is 17.3 Å². The van der Waals surface area contributed by atoms with Crippen LogP contribution in [0, 0.1) is 0 Å². The van der Waals surface area contributed by atoms with Crippen LogP contribution < -0.4 is 10.6 Å². The zero-order chi connectivity index (χ0) is 13.0. The van der Waals surface area contributed by atoms with Crippen molar-refractivity contribution in [2.45, 2.75) is 25.3 Å². The third-order valence-electron chi connectivity index (χ3n) is 3.26. The van der Waals surface area contributed by atoms with E-state index in [1.807, 2.05) is 0 Å². The zero-order valence-electron chi connectivity index (χ0n) is 10.9. The van der Waals surface area contributed by atoms with Crippen LogP contribution >= 0.6 is 12.2 Å². The van der Waals surface area contributed by atoms with Crippen LogP contribution in [-0.2, 0) is 11.2 Å². The van der Waals surface area contributed by atoms with Crippen molar-refractivity contribution in [3.8, 4) is 0 Å². The summed E-state index contributed by atoms with van der Waals surface area (Å²) in [5.74, 6) is 0.596. The molecule has 0 bridgehead atoms. The maximum absolute atomic E-state index is 5.26. The third kappa shape index (κ3) is 3.21. The van der Waals surface area contributed by atoms with E-state index in [0.717, 1.165) is 13.0 Å². The van der Waals surface area contributed by atoms with Gasteiger partial charge in [0.2, 0.25) is 0 Å². The first-order valence-electron chi connectivity index (χ1n) is 6.31. The Morgan fingerprint density at radius 3 is 3.00 bits per heavy atom. The maximum Gasteiger partial charge on any atom is 0.166 e. The Hall–Kier alpha value is -1.13. The minimum absolute atomic E-state index is 0.240. The van der Waals surface area contributed by atoms with Crippen LogP contribution in [0.3, 0.4) is 0 Å². The second kappa shape index (κ2) is 6.16. The van der Waals surface area contributed by atoms with E-state index in [-0.39, 0.29) is 6.04 Å². The van der Waals surface area contributed by atoms with E-state index in [0.29, 0.717) is 17.6 Å². The second-order valence-electron chi connectivity index (χ2n) is 4.81. The lowest BCUT2D eigenvalue weighted by Crippen LogP contribution is -2.44. The van der Waals surface area contributed by atoms with Crippen LogP contribution in [0.25, 0.3) is 0 Å². The summed E-state index contributed by atoms with van der Waals surface area (Å²) in [6.07, 6.45) is 1.15. The van der Waals surface area contributed by atoms with Crippen molar-refractivity contribution in [1.82, 2.24) is 10.6 Å². The fraction of sp³-hybridized carbons (Fsp3) is 0.500. The first kappa shape index (κ1) is 13.3. The molecule has 0 radical (unpaired) electrons. The minimum atomic E-state index is 0.240. The van der Waals surface area contributed by atoms with Gasteiger partial charge in [0.05, 0.1) is 6.61 Å². The molecule has 0 amide bonds. The predicted octanol–water partition coefficient (Wildman–Crippen LogP) is 1.83. The maximum atomic E-state index is 5.26. The largest absolute Gasteiger partial charge is 0.383 e. The average Bonchev–Trinajstić information content (AvgIpc) is 2.30. The van der Waals surface area contributed by atoms with Gasteiger partial charge in [0.1, 0.15) is 0 Å². The normalized spacial score (nSPS) is 18.4. The van der Waals surface area contributed by atoms with E-state index in [1.165, 1.54) is 11.1 Å². The van der Waals surface area contributed by atoms with Crippen molar-refractivity contribution in [3.63, 3.8) is 0 Å². The van der Waals surface area contributed by atoms with Gasteiger partial charge >= 0.3 is 0 Å². The van der Waals surface area contributed by atoms with Gasteiger partial charge < -0.3 is 15.4 Å². The van der Waals surface area contributed by atoms with E-state index >= 15 is 0 Å². The Balaban J connectivity index is 1.72. The summed E-state index contributed by atoms with van der Waals surface area (Å²) in [4.78, 5) is 0. The van der Waals surface area contributed by atoms with Crippen molar-refractivity contribution in [2.75, 3.05) is 20.3 Å². The fourth-order valence-electron chi connectivity index (χ4n) is 2.33. The number of thiocarbonyl (C=S) groups is 1. The van der Waals surface area contributed by atoms with Crippen molar-refractivity contribution < 1.29 is 4.74 Å². The van der Waals surface area contributed by atoms with Crippen molar-refractivity contribution in [3.05, 3.63) is 35.4 Å². The standard InChI is InChI=1S/C14H20N2OS/c1-10(9-17-2)16-14(18)15-8-12-7-11-5-3-4-6-13(11)12/h3-6,10,12H,7-9H2,1-2H3,(H2,15,16,18). The Morgan fingerprint density at radius 1 is 1.50 bits per heavy atom. The monoisotopic (exact) mass is 264 g/mol. The van der Waals surface area contributed by atoms with Crippen molar-refractivity contribution in [2.24, 2.45) is 0 Å². The summed E-state index contributed by atoms with van der Waals surface area (Å²) < 4.78 is 5.06. The van der Waals surface area contributed by atoms with Gasteiger partial charge in [-0.15, -0.1) is 0 Å². The van der Waals surface area contributed by atoms with Crippen LogP contribution in [0.1, 0.15) is 24.0 Å². The summed E-state index contributed by atoms with van der Waals surface area (Å²) in [7, 11) is 1.69. The van der Waals surface area contributed by atoms with Crippen LogP contribution in [0.5, 0.6) is 0 Å². The Kier molecular flexibility index (Phi) is 4.55. The summed E-state index contributed by atoms with van der Waals surface area (Å²) >= 11 is 5.26. The molecule has 2 atom stereocenters. The van der Waals surface area contributed by atoms with Gasteiger partial charge in [-0.1, -0.05) is 24.3 Å². The van der Waals surface area contributed by atoms with Gasteiger partial charge in [0.25, 0.3) is 0 Å². The third-order valence-corrected chi connectivity index (χ3v) is 3.53. The molecule has 3 nitrogen and oxygen atoms in total. The van der Waals surface area contributed by atoms with E-state index in [4.69, 9.17) is 17.0 Å². The number of nitrogens with one attached hydrogen (secondary N) is 2. The first-order valence-corrected chi connectivity index (χ1v) is 6.72. The Bertz CT molecular complexity index is 422. The molecule has 0 heterocycles. The summed E-state index contributed by atoms with van der Waals surface area (Å²) in [6.45, 7) is 3.62. The molecule has 0 aliphatic heterocycles. The second-order valence-corrected chi connectivity index (χ2v) is 5.22. The molecule has 98 valence electrons. The minimum Gasteiger partial charge on any atom is -0.383 e. The number of ether oxygens (including phenoxy) is 1. The lowest BCUT2D eigenvalue weighted by atomic mass is 9.78. The number of hydrogen-bond acceptors (Lipinski definition) is 2. The van der Waals surface area contributed by atoms with E-state index in [1.54, 1.807) is 7.11 Å². The fourth-order valence-corrected chi connectivity index (χ4v) is 2.61. The van der Waals surface area contributed by atoms with E-state index in [2.05, 4.69) is 41.8 Å². The number of fused-ring (bicyclic) bond motifs is 1. The molecule has 0 saturated carbocycles. The molecule has 4 heteroatoms. The van der Waals surface area contributed by atoms with Gasteiger partial charge in [0.15, 0.2) is 5.11 Å². The molecule has 18 heavy (non-hydrogen) atoms. The molecular formula is C14H20N2OS. The number of hydrogen-bond donors (Lipinski definition) is 2. The molecule has 1 aliphatic rings. The number of rotatable bonds is 5. The Labute approximate surface area is 114 Å². The lowest BCUT2D eigenvalue weighted by Gasteiger charge is -2.30. The van der Waals surface area contributed by atoms with Gasteiger partial charge in [0, 0.05) is 25.6 Å².